The Morgan fingerprint density at radius 1 is 1.43 bits per heavy atom. The van der Waals surface area contributed by atoms with Crippen molar-refractivity contribution in [1.82, 2.24) is 4.98 Å². The van der Waals surface area contributed by atoms with Gasteiger partial charge in [0.15, 0.2) is 0 Å². The number of ether oxygens (including phenoxy) is 2. The number of nitrogen functional groups attached to an aromatic ring is 1. The van der Waals surface area contributed by atoms with E-state index < -0.39 is 0 Å². The van der Waals surface area contributed by atoms with Crippen molar-refractivity contribution in [2.45, 2.75) is 18.9 Å². The monoisotopic (exact) mass is 194 g/mol. The molecule has 1 aliphatic rings. The normalized spacial score (nSPS) is 18.0. The zero-order valence-corrected chi connectivity index (χ0v) is 7.98. The van der Waals surface area contributed by atoms with Crippen molar-refractivity contribution in [2.75, 3.05) is 18.9 Å². The van der Waals surface area contributed by atoms with Gasteiger partial charge in [-0.1, -0.05) is 0 Å². The van der Waals surface area contributed by atoms with Gasteiger partial charge in [-0.2, -0.15) is 0 Å². The van der Waals surface area contributed by atoms with Gasteiger partial charge in [-0.05, 0) is 6.07 Å². The van der Waals surface area contributed by atoms with Crippen LogP contribution in [0.5, 0.6) is 5.75 Å². The molecule has 1 aromatic heterocycles. The van der Waals surface area contributed by atoms with E-state index in [-0.39, 0.29) is 6.10 Å². The Morgan fingerprint density at radius 3 is 2.93 bits per heavy atom. The van der Waals surface area contributed by atoms with Gasteiger partial charge >= 0.3 is 0 Å². The van der Waals surface area contributed by atoms with Crippen LogP contribution in [0.4, 0.5) is 5.82 Å². The maximum absolute atomic E-state index is 5.74. The first-order valence-electron chi connectivity index (χ1n) is 4.80. The number of rotatable bonds is 2. The third-order valence-electron chi connectivity index (χ3n) is 2.22. The summed E-state index contributed by atoms with van der Waals surface area (Å²) < 4.78 is 11.0. The van der Waals surface area contributed by atoms with Crippen LogP contribution in [0, 0.1) is 0 Å². The van der Waals surface area contributed by atoms with Gasteiger partial charge in [-0.3, -0.25) is 0 Å². The van der Waals surface area contributed by atoms with Gasteiger partial charge in [0.2, 0.25) is 0 Å². The van der Waals surface area contributed by atoms with Crippen LogP contribution in [0.2, 0.25) is 0 Å². The molecule has 0 radical (unpaired) electrons. The van der Waals surface area contributed by atoms with Crippen LogP contribution in [-0.2, 0) is 4.74 Å². The van der Waals surface area contributed by atoms with E-state index in [9.17, 15) is 0 Å². The van der Waals surface area contributed by atoms with Crippen LogP contribution >= 0.6 is 0 Å². The number of aromatic nitrogens is 1. The first-order chi connectivity index (χ1) is 6.84. The van der Waals surface area contributed by atoms with E-state index in [4.69, 9.17) is 15.2 Å². The standard InChI is InChI=1S/C10H14N2O2/c11-10-7-9(1-4-12-10)14-8-2-5-13-6-3-8/h1,4,7-8H,2-3,5-6H2,(H2,11,12). The molecule has 0 atom stereocenters. The lowest BCUT2D eigenvalue weighted by molar-refractivity contribution is 0.0256. The molecule has 2 N–H and O–H groups in total. The number of nitrogens with zero attached hydrogens (tertiary/aromatic N) is 1. The summed E-state index contributed by atoms with van der Waals surface area (Å²) in [5.74, 6) is 1.29. The minimum absolute atomic E-state index is 0.255. The van der Waals surface area contributed by atoms with Gasteiger partial charge in [0.25, 0.3) is 0 Å². The molecule has 4 heteroatoms. The van der Waals surface area contributed by atoms with Crippen molar-refractivity contribution >= 4 is 5.82 Å². The lowest BCUT2D eigenvalue weighted by Gasteiger charge is -2.23. The van der Waals surface area contributed by atoms with E-state index in [1.165, 1.54) is 0 Å². The van der Waals surface area contributed by atoms with Gasteiger partial charge in [0, 0.05) is 25.1 Å². The van der Waals surface area contributed by atoms with E-state index in [0.717, 1.165) is 31.8 Å². The minimum Gasteiger partial charge on any atom is -0.490 e. The molecule has 1 aromatic rings. The molecule has 1 fully saturated rings. The molecule has 0 amide bonds. The first-order valence-corrected chi connectivity index (χ1v) is 4.80. The van der Waals surface area contributed by atoms with Gasteiger partial charge in [-0.15, -0.1) is 0 Å². The second-order valence-electron chi connectivity index (χ2n) is 3.35. The SMILES string of the molecule is Nc1cc(OC2CCOCC2)ccn1. The molecule has 2 rings (SSSR count). The Kier molecular flexibility index (Phi) is 2.84. The number of hydrogen-bond acceptors (Lipinski definition) is 4. The Hall–Kier alpha value is -1.29. The van der Waals surface area contributed by atoms with Gasteiger partial charge < -0.3 is 15.2 Å². The summed E-state index contributed by atoms with van der Waals surface area (Å²) in [7, 11) is 0. The van der Waals surface area contributed by atoms with Crippen molar-refractivity contribution < 1.29 is 9.47 Å². The van der Waals surface area contributed by atoms with E-state index in [1.54, 1.807) is 12.3 Å². The smallest absolute Gasteiger partial charge is 0.126 e. The molecule has 0 spiro atoms. The summed E-state index contributed by atoms with van der Waals surface area (Å²) in [6.45, 7) is 1.57. The minimum atomic E-state index is 0.255. The average molecular weight is 194 g/mol. The predicted molar refractivity (Wildman–Crippen MR) is 53.1 cm³/mol. The molecule has 0 saturated carbocycles. The van der Waals surface area contributed by atoms with Crippen molar-refractivity contribution in [3.63, 3.8) is 0 Å². The van der Waals surface area contributed by atoms with Gasteiger partial charge in [0.1, 0.15) is 17.7 Å². The second-order valence-corrected chi connectivity index (χ2v) is 3.35. The highest BCUT2D eigenvalue weighted by Crippen LogP contribution is 2.18. The fraction of sp³-hybridized carbons (Fsp3) is 0.500. The molecule has 14 heavy (non-hydrogen) atoms. The van der Waals surface area contributed by atoms with E-state index >= 15 is 0 Å². The molecule has 0 aromatic carbocycles. The molecule has 76 valence electrons. The topological polar surface area (TPSA) is 57.4 Å². The number of pyridine rings is 1. The molecule has 4 nitrogen and oxygen atoms in total. The zero-order chi connectivity index (χ0) is 9.80. The van der Waals surface area contributed by atoms with E-state index in [1.807, 2.05) is 6.07 Å². The molecule has 0 bridgehead atoms. The quantitative estimate of drug-likeness (QED) is 0.769. The maximum atomic E-state index is 5.74. The number of nitrogens with two attached hydrogens (primary N) is 1. The van der Waals surface area contributed by atoms with Crippen LogP contribution in [0.15, 0.2) is 18.3 Å². The second kappa shape index (κ2) is 4.28. The van der Waals surface area contributed by atoms with Crippen molar-refractivity contribution in [3.05, 3.63) is 18.3 Å². The molecule has 2 heterocycles. The highest BCUT2D eigenvalue weighted by atomic mass is 16.5. The Balaban J connectivity index is 1.95. The number of hydrogen-bond donors (Lipinski definition) is 1. The summed E-state index contributed by atoms with van der Waals surface area (Å²) in [6.07, 6.45) is 3.81. The lowest BCUT2D eigenvalue weighted by Crippen LogP contribution is -2.25. The third-order valence-corrected chi connectivity index (χ3v) is 2.22. The Labute approximate surface area is 83.0 Å². The molecular formula is C10H14N2O2. The molecule has 1 saturated heterocycles. The number of anilines is 1. The van der Waals surface area contributed by atoms with Crippen LogP contribution in [-0.4, -0.2) is 24.3 Å². The summed E-state index contributed by atoms with van der Waals surface area (Å²) in [5, 5.41) is 0. The van der Waals surface area contributed by atoms with Crippen molar-refractivity contribution in [1.29, 1.82) is 0 Å². The Morgan fingerprint density at radius 2 is 2.21 bits per heavy atom. The van der Waals surface area contributed by atoms with Crippen LogP contribution in [0.3, 0.4) is 0 Å². The largest absolute Gasteiger partial charge is 0.490 e. The predicted octanol–water partition coefficient (Wildman–Crippen LogP) is 1.22. The van der Waals surface area contributed by atoms with Crippen molar-refractivity contribution in [2.24, 2.45) is 0 Å². The maximum Gasteiger partial charge on any atom is 0.126 e. The summed E-state index contributed by atoms with van der Waals surface area (Å²) in [5.41, 5.74) is 5.55. The summed E-state index contributed by atoms with van der Waals surface area (Å²) in [4.78, 5) is 3.91. The van der Waals surface area contributed by atoms with Gasteiger partial charge in [0.05, 0.1) is 13.2 Å². The van der Waals surface area contributed by atoms with Crippen LogP contribution < -0.4 is 10.5 Å². The summed E-state index contributed by atoms with van der Waals surface area (Å²) in [6, 6.07) is 3.57. The lowest BCUT2D eigenvalue weighted by atomic mass is 10.1. The van der Waals surface area contributed by atoms with E-state index in [0.29, 0.717) is 5.82 Å². The van der Waals surface area contributed by atoms with Crippen LogP contribution in [0.25, 0.3) is 0 Å². The average Bonchev–Trinajstić information content (AvgIpc) is 2.19. The van der Waals surface area contributed by atoms with E-state index in [2.05, 4.69) is 4.98 Å². The third kappa shape index (κ3) is 2.35. The first kappa shape index (κ1) is 9.27. The highest BCUT2D eigenvalue weighted by Gasteiger charge is 2.15. The molecule has 0 unspecified atom stereocenters. The van der Waals surface area contributed by atoms with Gasteiger partial charge in [-0.25, -0.2) is 4.98 Å². The van der Waals surface area contributed by atoms with Crippen molar-refractivity contribution in [3.8, 4) is 5.75 Å². The van der Waals surface area contributed by atoms with Crippen LogP contribution in [0.1, 0.15) is 12.8 Å². The zero-order valence-electron chi connectivity index (χ0n) is 7.98. The Bertz CT molecular complexity index is 298. The fourth-order valence-corrected chi connectivity index (χ4v) is 1.49. The molecule has 0 aliphatic carbocycles. The highest BCUT2D eigenvalue weighted by molar-refractivity contribution is 5.35. The fourth-order valence-electron chi connectivity index (χ4n) is 1.49. The molecule has 1 aliphatic heterocycles. The summed E-state index contributed by atoms with van der Waals surface area (Å²) >= 11 is 0. The molecular weight excluding hydrogens is 180 g/mol.